The van der Waals surface area contributed by atoms with Crippen molar-refractivity contribution in [1.82, 2.24) is 5.32 Å². The number of hydrogen-bond acceptors (Lipinski definition) is 2. The lowest BCUT2D eigenvalue weighted by molar-refractivity contribution is 0.312. The van der Waals surface area contributed by atoms with Crippen LogP contribution in [0.5, 0.6) is 5.75 Å². The van der Waals surface area contributed by atoms with Gasteiger partial charge in [-0.25, -0.2) is 0 Å². The van der Waals surface area contributed by atoms with Crippen LogP contribution < -0.4 is 10.1 Å². The van der Waals surface area contributed by atoms with E-state index in [0.717, 1.165) is 42.1 Å². The van der Waals surface area contributed by atoms with Gasteiger partial charge in [0.2, 0.25) is 0 Å². The van der Waals surface area contributed by atoms with Crippen LogP contribution in [0, 0.1) is 30.6 Å². The Labute approximate surface area is 127 Å². The van der Waals surface area contributed by atoms with Gasteiger partial charge in [0.1, 0.15) is 5.75 Å². The summed E-state index contributed by atoms with van der Waals surface area (Å²) in [6.45, 7) is 3.05. The summed E-state index contributed by atoms with van der Waals surface area (Å²) in [5, 5.41) is 4.04. The van der Waals surface area contributed by atoms with E-state index in [2.05, 4.69) is 30.4 Å². The Morgan fingerprint density at radius 2 is 1.90 bits per heavy atom. The molecule has 3 fully saturated rings. The minimum atomic E-state index is 0.511. The summed E-state index contributed by atoms with van der Waals surface area (Å²) in [5.41, 5.74) is 2.70. The Morgan fingerprint density at radius 1 is 1.10 bits per heavy atom. The molecule has 2 bridgehead atoms. The molecular formula is C19H25NO. The van der Waals surface area contributed by atoms with Crippen molar-refractivity contribution in [3.05, 3.63) is 29.3 Å². The number of benzene rings is 1. The Morgan fingerprint density at radius 3 is 2.71 bits per heavy atom. The lowest BCUT2D eigenvalue weighted by Crippen LogP contribution is -2.28. The highest BCUT2D eigenvalue weighted by Crippen LogP contribution is 2.66. The molecule has 0 spiro atoms. The molecule has 21 heavy (non-hydrogen) atoms. The molecule has 0 saturated heterocycles. The third-order valence-electron chi connectivity index (χ3n) is 6.63. The molecule has 0 radical (unpaired) electrons. The van der Waals surface area contributed by atoms with E-state index in [1.54, 1.807) is 0 Å². The lowest BCUT2D eigenvalue weighted by Gasteiger charge is -2.21. The summed E-state index contributed by atoms with van der Waals surface area (Å²) in [7, 11) is 0. The van der Waals surface area contributed by atoms with E-state index in [4.69, 9.17) is 4.74 Å². The molecule has 3 saturated carbocycles. The minimum Gasteiger partial charge on any atom is -0.493 e. The predicted octanol–water partition coefficient (Wildman–Crippen LogP) is 3.84. The molecular weight excluding hydrogens is 258 g/mol. The molecule has 1 aromatic rings. The third kappa shape index (κ3) is 1.81. The quantitative estimate of drug-likeness (QED) is 0.890. The van der Waals surface area contributed by atoms with Crippen LogP contribution in [0.4, 0.5) is 0 Å². The largest absolute Gasteiger partial charge is 0.493 e. The number of hydrogen-bond donors (Lipinski definition) is 1. The number of para-hydroxylation sites is 1. The zero-order chi connectivity index (χ0) is 14.0. The Bertz CT molecular complexity index is 553. The molecule has 2 heteroatoms. The zero-order valence-corrected chi connectivity index (χ0v) is 12.8. The second-order valence-electron chi connectivity index (χ2n) is 7.72. The van der Waals surface area contributed by atoms with Crippen LogP contribution in [0.3, 0.4) is 0 Å². The maximum atomic E-state index is 6.02. The summed E-state index contributed by atoms with van der Waals surface area (Å²) < 4.78 is 6.02. The molecule has 3 aliphatic carbocycles. The molecule has 1 heterocycles. The summed E-state index contributed by atoms with van der Waals surface area (Å²) in [4.78, 5) is 0. The first-order valence-corrected chi connectivity index (χ1v) is 8.81. The average molecular weight is 283 g/mol. The Kier molecular flexibility index (Phi) is 2.67. The van der Waals surface area contributed by atoms with Gasteiger partial charge in [-0.3, -0.25) is 0 Å². The first kappa shape index (κ1) is 12.5. The normalized spacial score (nSPS) is 42.9. The maximum absolute atomic E-state index is 6.02. The number of aryl methyl sites for hydroxylation is 1. The van der Waals surface area contributed by atoms with Crippen molar-refractivity contribution in [2.45, 2.75) is 51.1 Å². The van der Waals surface area contributed by atoms with E-state index in [9.17, 15) is 0 Å². The lowest BCUT2D eigenvalue weighted by atomic mass is 9.98. The van der Waals surface area contributed by atoms with Crippen molar-refractivity contribution in [2.75, 3.05) is 6.61 Å². The van der Waals surface area contributed by atoms with E-state index >= 15 is 0 Å². The van der Waals surface area contributed by atoms with Gasteiger partial charge in [0.05, 0.1) is 6.61 Å². The van der Waals surface area contributed by atoms with Gasteiger partial charge in [0.25, 0.3) is 0 Å². The van der Waals surface area contributed by atoms with Gasteiger partial charge in [0.15, 0.2) is 0 Å². The number of ether oxygens (including phenoxy) is 1. The monoisotopic (exact) mass is 283 g/mol. The van der Waals surface area contributed by atoms with E-state index in [1.807, 2.05) is 0 Å². The second kappa shape index (κ2) is 4.49. The van der Waals surface area contributed by atoms with Crippen LogP contribution in [-0.4, -0.2) is 12.6 Å². The van der Waals surface area contributed by atoms with Gasteiger partial charge in [-0.15, -0.1) is 0 Å². The summed E-state index contributed by atoms with van der Waals surface area (Å²) >= 11 is 0. The number of fused-ring (bicyclic) bond motifs is 6. The topological polar surface area (TPSA) is 21.3 Å². The molecule has 0 aromatic heterocycles. The molecule has 1 aliphatic heterocycles. The van der Waals surface area contributed by atoms with Gasteiger partial charge in [0, 0.05) is 17.6 Å². The molecule has 4 aliphatic rings. The summed E-state index contributed by atoms with van der Waals surface area (Å²) in [6, 6.07) is 7.96. The van der Waals surface area contributed by atoms with E-state index in [1.165, 1.54) is 43.2 Å². The standard InChI is InChI=1S/C19H25NO/c1-11-4-2-5-14-15(6-3-9-21-19(11)14)20-18-16-12-7-8-13(10-12)17(16)18/h2,4-5,12-13,15-18,20H,3,6-10H2,1H3. The maximum Gasteiger partial charge on any atom is 0.126 e. The first-order chi connectivity index (χ1) is 10.3. The van der Waals surface area contributed by atoms with Crippen LogP contribution >= 0.6 is 0 Å². The van der Waals surface area contributed by atoms with Crippen LogP contribution in [0.2, 0.25) is 0 Å². The van der Waals surface area contributed by atoms with Crippen molar-refractivity contribution >= 4 is 0 Å². The average Bonchev–Trinajstić information content (AvgIpc) is 2.94. The van der Waals surface area contributed by atoms with Crippen molar-refractivity contribution in [3.8, 4) is 5.75 Å². The SMILES string of the molecule is Cc1cccc2c1OCCCC2NC1C2C3CCC(C3)C12. The molecule has 2 nitrogen and oxygen atoms in total. The van der Waals surface area contributed by atoms with Gasteiger partial charge >= 0.3 is 0 Å². The molecule has 1 N–H and O–H groups in total. The highest BCUT2D eigenvalue weighted by atomic mass is 16.5. The van der Waals surface area contributed by atoms with Gasteiger partial charge < -0.3 is 10.1 Å². The first-order valence-electron chi connectivity index (χ1n) is 8.81. The van der Waals surface area contributed by atoms with Gasteiger partial charge in [-0.2, -0.15) is 0 Å². The van der Waals surface area contributed by atoms with E-state index in [0.29, 0.717) is 6.04 Å². The highest BCUT2D eigenvalue weighted by molar-refractivity contribution is 5.43. The van der Waals surface area contributed by atoms with Crippen LogP contribution in [0.25, 0.3) is 0 Å². The fraction of sp³-hybridized carbons (Fsp3) is 0.684. The van der Waals surface area contributed by atoms with Crippen LogP contribution in [0.1, 0.15) is 49.3 Å². The Balaban J connectivity index is 1.39. The molecule has 1 aromatic carbocycles. The number of rotatable bonds is 2. The fourth-order valence-corrected chi connectivity index (χ4v) is 5.72. The third-order valence-corrected chi connectivity index (χ3v) is 6.63. The molecule has 5 unspecified atom stereocenters. The fourth-order valence-electron chi connectivity index (χ4n) is 5.72. The van der Waals surface area contributed by atoms with E-state index in [-0.39, 0.29) is 0 Å². The highest BCUT2D eigenvalue weighted by Gasteiger charge is 2.65. The second-order valence-corrected chi connectivity index (χ2v) is 7.72. The molecule has 5 rings (SSSR count). The van der Waals surface area contributed by atoms with Crippen LogP contribution in [-0.2, 0) is 0 Å². The minimum absolute atomic E-state index is 0.511. The predicted molar refractivity (Wildman–Crippen MR) is 83.4 cm³/mol. The van der Waals surface area contributed by atoms with E-state index < -0.39 is 0 Å². The molecule has 112 valence electrons. The van der Waals surface area contributed by atoms with Crippen molar-refractivity contribution in [3.63, 3.8) is 0 Å². The van der Waals surface area contributed by atoms with Crippen molar-refractivity contribution in [1.29, 1.82) is 0 Å². The molecule has 5 atom stereocenters. The smallest absolute Gasteiger partial charge is 0.126 e. The zero-order valence-electron chi connectivity index (χ0n) is 12.8. The van der Waals surface area contributed by atoms with Crippen molar-refractivity contribution < 1.29 is 4.74 Å². The van der Waals surface area contributed by atoms with Crippen molar-refractivity contribution in [2.24, 2.45) is 23.7 Å². The number of nitrogens with one attached hydrogen (secondary N) is 1. The van der Waals surface area contributed by atoms with Crippen LogP contribution in [0.15, 0.2) is 18.2 Å². The Hall–Kier alpha value is -1.02. The molecule has 0 amide bonds. The van der Waals surface area contributed by atoms with Gasteiger partial charge in [-0.05, 0) is 68.3 Å². The summed E-state index contributed by atoms with van der Waals surface area (Å²) in [5.74, 6) is 5.29. The summed E-state index contributed by atoms with van der Waals surface area (Å²) in [6.07, 6.45) is 6.94. The van der Waals surface area contributed by atoms with Gasteiger partial charge in [-0.1, -0.05) is 18.2 Å².